The molecular weight excluding hydrogens is 644 g/mol. The number of hydrogen-bond acceptors (Lipinski definition) is 3. The number of hydrogen-bond donors (Lipinski definition) is 0. The van der Waals surface area contributed by atoms with Crippen molar-refractivity contribution < 1.29 is 0 Å². The van der Waals surface area contributed by atoms with Crippen LogP contribution in [0.1, 0.15) is 136 Å². The fourth-order valence-corrected chi connectivity index (χ4v) is 15.7. The van der Waals surface area contributed by atoms with Crippen LogP contribution in [0.4, 0.5) is 11.4 Å². The van der Waals surface area contributed by atoms with E-state index in [1.165, 1.54) is 150 Å². The molecule has 7 rings (SSSR count). The third kappa shape index (κ3) is 6.84. The number of allylic oxidation sites excluding steroid dienone is 4. The van der Waals surface area contributed by atoms with Crippen molar-refractivity contribution in [1.82, 2.24) is 0 Å². The van der Waals surface area contributed by atoms with Crippen molar-refractivity contribution in [2.75, 3.05) is 9.80 Å². The molecule has 2 nitrogen and oxygen atoms in total. The Balaban J connectivity index is 1.56. The number of thiophene rings is 1. The number of aryl methyl sites for hydroxylation is 6. The van der Waals surface area contributed by atoms with Crippen LogP contribution in [-0.4, -0.2) is 17.0 Å². The smallest absolute Gasteiger partial charge is 0.126 e. The van der Waals surface area contributed by atoms with E-state index < -0.39 is 0 Å². The van der Waals surface area contributed by atoms with Gasteiger partial charge >= 0.3 is 0 Å². The average Bonchev–Trinajstić information content (AvgIpc) is 3.68. The van der Waals surface area contributed by atoms with E-state index in [4.69, 9.17) is 0 Å². The lowest BCUT2D eigenvalue weighted by Crippen LogP contribution is -2.36. The van der Waals surface area contributed by atoms with Gasteiger partial charge in [-0.3, -0.25) is 9.80 Å². The standard InChI is InChI=1S/C46H61N2PS/c1-30-25-32(3)44(33(4)26-30)47-36(7)37(8)48(45-34(5)27-31(2)28-35(45)6)46(47)43-38(29-41-22-16-24-50-41)17-15-23-42(43)49(39-18-11-9-12-19-39)40-20-13-10-14-21-40/h16,22,24-29,39-40,42H,9-15,17-21,23H2,1-8H3. The van der Waals surface area contributed by atoms with Gasteiger partial charge in [0.15, 0.2) is 0 Å². The van der Waals surface area contributed by atoms with Crippen molar-refractivity contribution in [2.24, 2.45) is 0 Å². The van der Waals surface area contributed by atoms with Gasteiger partial charge in [-0.15, -0.1) is 11.3 Å². The third-order valence-electron chi connectivity index (χ3n) is 12.4. The average molecular weight is 705 g/mol. The Labute approximate surface area is 309 Å². The zero-order valence-corrected chi connectivity index (χ0v) is 34.0. The molecule has 1 aromatic heterocycles. The molecule has 4 heteroatoms. The van der Waals surface area contributed by atoms with Crippen LogP contribution in [0.5, 0.6) is 0 Å². The topological polar surface area (TPSA) is 6.48 Å². The second-order valence-corrected chi connectivity index (χ2v) is 20.2. The number of rotatable bonds is 6. The summed E-state index contributed by atoms with van der Waals surface area (Å²) in [5.41, 5.74) is 19.5. The summed E-state index contributed by atoms with van der Waals surface area (Å²) >= 11 is 1.90. The first-order chi connectivity index (χ1) is 24.1. The van der Waals surface area contributed by atoms with Crippen molar-refractivity contribution in [1.29, 1.82) is 0 Å². The lowest BCUT2D eigenvalue weighted by atomic mass is 9.87. The molecule has 2 aromatic carbocycles. The molecule has 0 bridgehead atoms. The highest BCUT2D eigenvalue weighted by molar-refractivity contribution is 7.60. The molecule has 50 heavy (non-hydrogen) atoms. The van der Waals surface area contributed by atoms with Crippen LogP contribution < -0.4 is 9.80 Å². The van der Waals surface area contributed by atoms with E-state index in [2.05, 4.69) is 113 Å². The molecule has 0 saturated heterocycles. The van der Waals surface area contributed by atoms with Gasteiger partial charge in [0.2, 0.25) is 0 Å². The molecule has 3 fully saturated rings. The van der Waals surface area contributed by atoms with Crippen molar-refractivity contribution in [2.45, 2.75) is 156 Å². The third-order valence-corrected chi connectivity index (χ3v) is 17.2. The van der Waals surface area contributed by atoms with Gasteiger partial charge in [-0.25, -0.2) is 0 Å². The molecule has 0 spiro atoms. The Bertz CT molecular complexity index is 1660. The van der Waals surface area contributed by atoms with Crippen molar-refractivity contribution in [3.8, 4) is 0 Å². The molecule has 1 atom stereocenters. The summed E-state index contributed by atoms with van der Waals surface area (Å²) in [5, 5.41) is 2.26. The van der Waals surface area contributed by atoms with Gasteiger partial charge in [0.1, 0.15) is 5.82 Å². The highest BCUT2D eigenvalue weighted by Gasteiger charge is 2.45. The van der Waals surface area contributed by atoms with Gasteiger partial charge in [0.25, 0.3) is 0 Å². The summed E-state index contributed by atoms with van der Waals surface area (Å²) < 4.78 is 0. The van der Waals surface area contributed by atoms with Crippen LogP contribution in [0.3, 0.4) is 0 Å². The molecule has 3 saturated carbocycles. The molecule has 3 aromatic rings. The summed E-state index contributed by atoms with van der Waals surface area (Å²) in [7, 11) is -0.173. The molecule has 2 heterocycles. The lowest BCUT2D eigenvalue weighted by Gasteiger charge is -2.47. The highest BCUT2D eigenvalue weighted by Crippen LogP contribution is 2.65. The summed E-state index contributed by atoms with van der Waals surface area (Å²) in [6, 6.07) is 14.2. The van der Waals surface area contributed by atoms with E-state index in [0.29, 0.717) is 5.66 Å². The molecule has 0 radical (unpaired) electrons. The van der Waals surface area contributed by atoms with Gasteiger partial charge in [-0.1, -0.05) is 87.9 Å². The lowest BCUT2D eigenvalue weighted by molar-refractivity contribution is 0.479. The monoisotopic (exact) mass is 704 g/mol. The molecule has 266 valence electrons. The van der Waals surface area contributed by atoms with Crippen LogP contribution in [0, 0.1) is 41.5 Å². The predicted molar refractivity (Wildman–Crippen MR) is 222 cm³/mol. The van der Waals surface area contributed by atoms with Gasteiger partial charge in [0, 0.05) is 27.5 Å². The minimum absolute atomic E-state index is 0.173. The van der Waals surface area contributed by atoms with Crippen LogP contribution in [0.2, 0.25) is 0 Å². The van der Waals surface area contributed by atoms with Crippen molar-refractivity contribution in [3.63, 3.8) is 0 Å². The van der Waals surface area contributed by atoms with Gasteiger partial charge in [-0.05, 0) is 157 Å². The Kier molecular flexibility index (Phi) is 10.9. The van der Waals surface area contributed by atoms with Crippen LogP contribution >= 0.6 is 19.3 Å². The minimum atomic E-state index is -0.173. The van der Waals surface area contributed by atoms with Crippen LogP contribution in [0.25, 0.3) is 6.08 Å². The minimum Gasteiger partial charge on any atom is -0.298 e. The normalized spacial score (nSPS) is 22.2. The maximum atomic E-state index is 2.75. The van der Waals surface area contributed by atoms with Gasteiger partial charge in [0.05, 0.1) is 11.4 Å². The summed E-state index contributed by atoms with van der Waals surface area (Å²) in [4.78, 5) is 6.91. The maximum Gasteiger partial charge on any atom is 0.126 e. The Morgan fingerprint density at radius 2 is 1.10 bits per heavy atom. The zero-order chi connectivity index (χ0) is 35.1. The quantitative estimate of drug-likeness (QED) is 0.236. The molecule has 1 aliphatic heterocycles. The molecule has 1 unspecified atom stereocenters. The van der Waals surface area contributed by atoms with Gasteiger partial charge < -0.3 is 0 Å². The summed E-state index contributed by atoms with van der Waals surface area (Å²) in [6.07, 6.45) is 20.9. The summed E-state index contributed by atoms with van der Waals surface area (Å²) in [6.45, 7) is 18.7. The van der Waals surface area contributed by atoms with E-state index in [1.807, 2.05) is 11.3 Å². The van der Waals surface area contributed by atoms with Crippen LogP contribution in [-0.2, 0) is 0 Å². The largest absolute Gasteiger partial charge is 0.298 e. The second kappa shape index (κ2) is 15.2. The van der Waals surface area contributed by atoms with Crippen molar-refractivity contribution in [3.05, 3.63) is 108 Å². The molecular formula is C46H61N2PS. The number of nitrogens with zero attached hydrogens (tertiary/aromatic N) is 2. The van der Waals surface area contributed by atoms with Crippen LogP contribution in [0.15, 0.2) is 70.1 Å². The Hall–Kier alpha value is -2.61. The first-order valence-corrected chi connectivity index (χ1v) is 22.3. The molecule has 4 aliphatic rings. The molecule has 3 aliphatic carbocycles. The maximum absolute atomic E-state index is 2.75. The Morgan fingerprint density at radius 3 is 1.54 bits per heavy atom. The fourth-order valence-electron chi connectivity index (χ4n) is 10.4. The molecule has 0 amide bonds. The predicted octanol–water partition coefficient (Wildman–Crippen LogP) is 14.2. The van der Waals surface area contributed by atoms with E-state index in [-0.39, 0.29) is 7.92 Å². The SMILES string of the molecule is CC1=C(C)N(c2c(C)cc(C)cc2C)C(=C2C(=Cc3cccs3)CCCC2P(C2CCCCC2)C2CCCCC2)N1c1c(C)cc(C)cc1C. The first-order valence-electron chi connectivity index (χ1n) is 19.8. The van der Waals surface area contributed by atoms with E-state index in [1.54, 1.807) is 11.1 Å². The zero-order valence-electron chi connectivity index (χ0n) is 32.3. The highest BCUT2D eigenvalue weighted by atomic mass is 32.1. The number of benzene rings is 2. The van der Waals surface area contributed by atoms with Gasteiger partial charge in [-0.2, -0.15) is 0 Å². The van der Waals surface area contributed by atoms with Crippen molar-refractivity contribution >= 4 is 36.7 Å². The fraction of sp³-hybridized carbons (Fsp3) is 0.522. The molecule has 0 N–H and O–H groups in total. The van der Waals surface area contributed by atoms with E-state index >= 15 is 0 Å². The second-order valence-electron chi connectivity index (χ2n) is 16.2. The van der Waals surface area contributed by atoms with E-state index in [9.17, 15) is 0 Å². The first kappa shape index (κ1) is 35.8. The summed E-state index contributed by atoms with van der Waals surface area (Å²) in [5.74, 6) is 1.46. The Morgan fingerprint density at radius 1 is 0.620 bits per heavy atom. The number of anilines is 2. The van der Waals surface area contributed by atoms with E-state index in [0.717, 1.165) is 11.3 Å².